The Morgan fingerprint density at radius 3 is 3.29 bits per heavy atom. The molecule has 0 radical (unpaired) electrons. The summed E-state index contributed by atoms with van der Waals surface area (Å²) in [6, 6.07) is 3.85. The van der Waals surface area contributed by atoms with E-state index in [-0.39, 0.29) is 6.10 Å². The molecular formula is C11H17NO2. The highest BCUT2D eigenvalue weighted by atomic mass is 16.5. The first-order valence-corrected chi connectivity index (χ1v) is 5.22. The van der Waals surface area contributed by atoms with Crippen LogP contribution in [0.5, 0.6) is 0 Å². The Balaban J connectivity index is 1.74. The Labute approximate surface area is 84.4 Å². The molecule has 3 nitrogen and oxygen atoms in total. The average Bonchev–Trinajstić information content (AvgIpc) is 2.87. The topological polar surface area (TPSA) is 34.4 Å². The molecule has 2 heterocycles. The maximum absolute atomic E-state index is 5.74. The van der Waals surface area contributed by atoms with Gasteiger partial charge in [-0.25, -0.2) is 0 Å². The van der Waals surface area contributed by atoms with Crippen molar-refractivity contribution >= 4 is 0 Å². The van der Waals surface area contributed by atoms with Crippen LogP contribution >= 0.6 is 0 Å². The lowest BCUT2D eigenvalue weighted by atomic mass is 10.1. The van der Waals surface area contributed by atoms with Gasteiger partial charge in [0.25, 0.3) is 0 Å². The summed E-state index contributed by atoms with van der Waals surface area (Å²) in [5, 5.41) is 3.33. The summed E-state index contributed by atoms with van der Waals surface area (Å²) in [6.07, 6.45) is 2.99. The zero-order valence-electron chi connectivity index (χ0n) is 8.53. The van der Waals surface area contributed by atoms with Crippen molar-refractivity contribution in [3.63, 3.8) is 0 Å². The van der Waals surface area contributed by atoms with E-state index < -0.39 is 0 Å². The molecule has 2 rings (SSSR count). The molecule has 1 N–H and O–H groups in total. The minimum absolute atomic E-state index is 0.0746. The van der Waals surface area contributed by atoms with Gasteiger partial charge in [0.2, 0.25) is 0 Å². The highest BCUT2D eigenvalue weighted by molar-refractivity contribution is 5.00. The number of nitrogens with one attached hydrogen (secondary N) is 1. The number of rotatable bonds is 4. The van der Waals surface area contributed by atoms with E-state index in [1.165, 1.54) is 6.42 Å². The molecule has 0 aromatic carbocycles. The maximum Gasteiger partial charge on any atom is 0.132 e. The van der Waals surface area contributed by atoms with E-state index in [9.17, 15) is 0 Å². The van der Waals surface area contributed by atoms with Crippen LogP contribution < -0.4 is 5.32 Å². The molecule has 1 aliphatic heterocycles. The van der Waals surface area contributed by atoms with Gasteiger partial charge in [-0.15, -0.1) is 0 Å². The van der Waals surface area contributed by atoms with Gasteiger partial charge in [0.15, 0.2) is 0 Å². The zero-order valence-corrected chi connectivity index (χ0v) is 8.53. The summed E-state index contributed by atoms with van der Waals surface area (Å²) in [6.45, 7) is 5.07. The predicted octanol–water partition coefficient (Wildman–Crippen LogP) is 1.97. The Morgan fingerprint density at radius 2 is 2.64 bits per heavy atom. The number of hydrogen-bond acceptors (Lipinski definition) is 3. The standard InChI is InChI=1S/C11H17NO2/c1-9(11-3-2-6-13-11)14-8-10-4-5-12-7-10/h2-3,6,9-10,12H,4-5,7-8H2,1H3/t9-,10-/m0/s1. The van der Waals surface area contributed by atoms with Crippen molar-refractivity contribution in [2.75, 3.05) is 19.7 Å². The summed E-state index contributed by atoms with van der Waals surface area (Å²) in [7, 11) is 0. The molecule has 14 heavy (non-hydrogen) atoms. The molecule has 1 saturated heterocycles. The summed E-state index contributed by atoms with van der Waals surface area (Å²) < 4.78 is 11.0. The Bertz CT molecular complexity index is 252. The monoisotopic (exact) mass is 195 g/mol. The van der Waals surface area contributed by atoms with Gasteiger partial charge in [0.1, 0.15) is 11.9 Å². The predicted molar refractivity (Wildman–Crippen MR) is 54.1 cm³/mol. The third-order valence-electron chi connectivity index (χ3n) is 2.69. The molecule has 3 heteroatoms. The maximum atomic E-state index is 5.74. The summed E-state index contributed by atoms with van der Waals surface area (Å²) in [5.41, 5.74) is 0. The summed E-state index contributed by atoms with van der Waals surface area (Å²) in [5.74, 6) is 1.59. The lowest BCUT2D eigenvalue weighted by Crippen LogP contribution is -2.14. The first-order chi connectivity index (χ1) is 6.86. The second-order valence-corrected chi connectivity index (χ2v) is 3.85. The molecule has 1 fully saturated rings. The smallest absolute Gasteiger partial charge is 0.132 e. The van der Waals surface area contributed by atoms with E-state index in [2.05, 4.69) is 5.32 Å². The molecular weight excluding hydrogens is 178 g/mol. The molecule has 1 aromatic heterocycles. The van der Waals surface area contributed by atoms with Gasteiger partial charge in [-0.1, -0.05) is 0 Å². The second-order valence-electron chi connectivity index (χ2n) is 3.85. The van der Waals surface area contributed by atoms with E-state index in [1.807, 2.05) is 19.1 Å². The SMILES string of the molecule is C[C@H](OC[C@H]1CCNC1)c1ccco1. The largest absolute Gasteiger partial charge is 0.467 e. The van der Waals surface area contributed by atoms with Crippen LogP contribution in [0.4, 0.5) is 0 Å². The van der Waals surface area contributed by atoms with E-state index in [1.54, 1.807) is 6.26 Å². The highest BCUT2D eigenvalue weighted by Gasteiger charge is 2.17. The quantitative estimate of drug-likeness (QED) is 0.797. The molecule has 0 saturated carbocycles. The fraction of sp³-hybridized carbons (Fsp3) is 0.636. The minimum Gasteiger partial charge on any atom is -0.467 e. The molecule has 0 amide bonds. The van der Waals surface area contributed by atoms with Crippen molar-refractivity contribution in [2.45, 2.75) is 19.4 Å². The molecule has 0 spiro atoms. The Morgan fingerprint density at radius 1 is 1.71 bits per heavy atom. The fourth-order valence-corrected chi connectivity index (χ4v) is 1.74. The summed E-state index contributed by atoms with van der Waals surface area (Å²) >= 11 is 0. The van der Waals surface area contributed by atoms with E-state index in [4.69, 9.17) is 9.15 Å². The van der Waals surface area contributed by atoms with Gasteiger partial charge in [-0.2, -0.15) is 0 Å². The molecule has 1 aliphatic rings. The second kappa shape index (κ2) is 4.62. The number of ether oxygens (including phenoxy) is 1. The molecule has 0 bridgehead atoms. The van der Waals surface area contributed by atoms with Crippen LogP contribution in [-0.2, 0) is 4.74 Å². The third-order valence-corrected chi connectivity index (χ3v) is 2.69. The van der Waals surface area contributed by atoms with Crippen LogP contribution in [-0.4, -0.2) is 19.7 Å². The van der Waals surface area contributed by atoms with E-state index >= 15 is 0 Å². The molecule has 1 aromatic rings. The van der Waals surface area contributed by atoms with Crippen LogP contribution in [0.25, 0.3) is 0 Å². The average molecular weight is 195 g/mol. The van der Waals surface area contributed by atoms with Crippen LogP contribution in [0, 0.1) is 5.92 Å². The first-order valence-electron chi connectivity index (χ1n) is 5.22. The Hall–Kier alpha value is -0.800. The van der Waals surface area contributed by atoms with Crippen LogP contribution in [0.2, 0.25) is 0 Å². The highest BCUT2D eigenvalue weighted by Crippen LogP contribution is 2.19. The zero-order chi connectivity index (χ0) is 9.80. The molecule has 0 unspecified atom stereocenters. The first kappa shape index (κ1) is 9.74. The van der Waals surface area contributed by atoms with Crippen molar-refractivity contribution in [3.8, 4) is 0 Å². The van der Waals surface area contributed by atoms with Crippen molar-refractivity contribution in [1.82, 2.24) is 5.32 Å². The van der Waals surface area contributed by atoms with E-state index in [0.717, 1.165) is 25.5 Å². The molecule has 2 atom stereocenters. The lowest BCUT2D eigenvalue weighted by Gasteiger charge is -2.13. The van der Waals surface area contributed by atoms with Gasteiger partial charge in [0, 0.05) is 6.54 Å². The van der Waals surface area contributed by atoms with Gasteiger partial charge in [-0.05, 0) is 37.9 Å². The Kier molecular flexibility index (Phi) is 3.22. The molecule has 78 valence electrons. The third kappa shape index (κ3) is 2.36. The van der Waals surface area contributed by atoms with Crippen molar-refractivity contribution in [3.05, 3.63) is 24.2 Å². The number of hydrogen-bond donors (Lipinski definition) is 1. The van der Waals surface area contributed by atoms with E-state index in [0.29, 0.717) is 5.92 Å². The molecule has 0 aliphatic carbocycles. The number of furan rings is 1. The normalized spacial score (nSPS) is 23.9. The van der Waals surface area contributed by atoms with Crippen LogP contribution in [0.15, 0.2) is 22.8 Å². The van der Waals surface area contributed by atoms with Gasteiger partial charge in [-0.3, -0.25) is 0 Å². The van der Waals surface area contributed by atoms with Crippen LogP contribution in [0.1, 0.15) is 25.2 Å². The fourth-order valence-electron chi connectivity index (χ4n) is 1.74. The van der Waals surface area contributed by atoms with Gasteiger partial charge >= 0.3 is 0 Å². The van der Waals surface area contributed by atoms with Crippen molar-refractivity contribution in [2.24, 2.45) is 5.92 Å². The van der Waals surface area contributed by atoms with Gasteiger partial charge < -0.3 is 14.5 Å². The van der Waals surface area contributed by atoms with Crippen molar-refractivity contribution < 1.29 is 9.15 Å². The van der Waals surface area contributed by atoms with Crippen molar-refractivity contribution in [1.29, 1.82) is 0 Å². The van der Waals surface area contributed by atoms with Crippen LogP contribution in [0.3, 0.4) is 0 Å². The van der Waals surface area contributed by atoms with Gasteiger partial charge in [0.05, 0.1) is 12.9 Å². The lowest BCUT2D eigenvalue weighted by molar-refractivity contribution is 0.0306. The minimum atomic E-state index is 0.0746. The summed E-state index contributed by atoms with van der Waals surface area (Å²) in [4.78, 5) is 0.